The molecular weight excluding hydrogens is 250 g/mol. The van der Waals surface area contributed by atoms with Crippen LogP contribution in [0, 0.1) is 0 Å². The van der Waals surface area contributed by atoms with Crippen molar-refractivity contribution in [1.82, 2.24) is 10.3 Å². The lowest BCUT2D eigenvalue weighted by atomic mass is 10.2. The molecule has 0 atom stereocenters. The molecular formula is C16H17N3O. The van der Waals surface area contributed by atoms with E-state index in [2.05, 4.69) is 16.4 Å². The normalized spacial score (nSPS) is 13.3. The zero-order valence-electron chi connectivity index (χ0n) is 11.2. The third kappa shape index (κ3) is 2.70. The summed E-state index contributed by atoms with van der Waals surface area (Å²) in [5.74, 6) is 0.129. The number of para-hydroxylation sites is 1. The van der Waals surface area contributed by atoms with Crippen molar-refractivity contribution >= 4 is 11.6 Å². The average molecular weight is 267 g/mol. The minimum absolute atomic E-state index is 0.129. The van der Waals surface area contributed by atoms with Gasteiger partial charge in [-0.2, -0.15) is 0 Å². The largest absolute Gasteiger partial charge is 0.311 e. The Kier molecular flexibility index (Phi) is 3.74. The second kappa shape index (κ2) is 5.84. The van der Waals surface area contributed by atoms with Gasteiger partial charge in [-0.1, -0.05) is 18.2 Å². The predicted octanol–water partition coefficient (Wildman–Crippen LogP) is 1.76. The van der Waals surface area contributed by atoms with E-state index in [1.807, 2.05) is 35.2 Å². The van der Waals surface area contributed by atoms with E-state index in [-0.39, 0.29) is 5.91 Å². The third-order valence-electron chi connectivity index (χ3n) is 3.54. The first-order chi connectivity index (χ1) is 9.84. The van der Waals surface area contributed by atoms with E-state index >= 15 is 0 Å². The fourth-order valence-corrected chi connectivity index (χ4v) is 2.51. The number of hydrogen-bond acceptors (Lipinski definition) is 3. The van der Waals surface area contributed by atoms with E-state index < -0.39 is 0 Å². The van der Waals surface area contributed by atoms with Gasteiger partial charge in [-0.05, 0) is 35.7 Å². The van der Waals surface area contributed by atoms with Crippen LogP contribution in [0.4, 0.5) is 5.69 Å². The lowest BCUT2D eigenvalue weighted by molar-refractivity contribution is -0.117. The summed E-state index contributed by atoms with van der Waals surface area (Å²) in [6.07, 6.45) is 4.47. The number of fused-ring (bicyclic) bond motifs is 1. The molecule has 0 spiro atoms. The molecule has 102 valence electrons. The van der Waals surface area contributed by atoms with Crippen LogP contribution in [-0.4, -0.2) is 24.0 Å². The van der Waals surface area contributed by atoms with E-state index in [0.29, 0.717) is 13.1 Å². The van der Waals surface area contributed by atoms with Crippen LogP contribution in [0.2, 0.25) is 0 Å². The first kappa shape index (κ1) is 12.8. The van der Waals surface area contributed by atoms with Gasteiger partial charge in [-0.15, -0.1) is 0 Å². The Morgan fingerprint density at radius 3 is 2.85 bits per heavy atom. The smallest absolute Gasteiger partial charge is 0.240 e. The van der Waals surface area contributed by atoms with Crippen LogP contribution >= 0.6 is 0 Å². The molecule has 4 nitrogen and oxygen atoms in total. The van der Waals surface area contributed by atoms with Crippen LogP contribution in [0.3, 0.4) is 0 Å². The molecule has 0 saturated heterocycles. The molecule has 20 heavy (non-hydrogen) atoms. The molecule has 2 heterocycles. The molecule has 4 heteroatoms. The maximum Gasteiger partial charge on any atom is 0.240 e. The van der Waals surface area contributed by atoms with Crippen molar-refractivity contribution in [2.75, 3.05) is 18.0 Å². The summed E-state index contributed by atoms with van der Waals surface area (Å²) in [4.78, 5) is 18.1. The number of carbonyl (C=O) groups is 1. The summed E-state index contributed by atoms with van der Waals surface area (Å²) >= 11 is 0. The second-order valence-electron chi connectivity index (χ2n) is 4.88. The monoisotopic (exact) mass is 267 g/mol. The van der Waals surface area contributed by atoms with Gasteiger partial charge in [0, 0.05) is 31.2 Å². The van der Waals surface area contributed by atoms with Crippen LogP contribution in [0.15, 0.2) is 48.8 Å². The molecule has 1 aliphatic heterocycles. The van der Waals surface area contributed by atoms with E-state index in [1.165, 1.54) is 5.56 Å². The summed E-state index contributed by atoms with van der Waals surface area (Å²) in [5, 5.41) is 3.19. The van der Waals surface area contributed by atoms with Gasteiger partial charge in [0.1, 0.15) is 0 Å². The molecule has 1 aromatic heterocycles. The summed E-state index contributed by atoms with van der Waals surface area (Å²) in [5.41, 5.74) is 3.45. The van der Waals surface area contributed by atoms with Crippen molar-refractivity contribution in [3.63, 3.8) is 0 Å². The molecule has 0 aliphatic carbocycles. The van der Waals surface area contributed by atoms with Gasteiger partial charge in [0.15, 0.2) is 0 Å². The van der Waals surface area contributed by atoms with Crippen LogP contribution in [0.5, 0.6) is 0 Å². The van der Waals surface area contributed by atoms with Gasteiger partial charge in [-0.3, -0.25) is 9.78 Å². The summed E-state index contributed by atoms with van der Waals surface area (Å²) in [6, 6.07) is 12.0. The Labute approximate surface area is 118 Å². The van der Waals surface area contributed by atoms with Gasteiger partial charge in [-0.25, -0.2) is 0 Å². The highest BCUT2D eigenvalue weighted by Crippen LogP contribution is 2.27. The number of benzene rings is 1. The van der Waals surface area contributed by atoms with Crippen molar-refractivity contribution in [1.29, 1.82) is 0 Å². The quantitative estimate of drug-likeness (QED) is 0.918. The molecule has 2 aromatic rings. The fourth-order valence-electron chi connectivity index (χ4n) is 2.51. The maximum atomic E-state index is 12.2. The van der Waals surface area contributed by atoms with E-state index in [0.717, 1.165) is 24.2 Å². The fraction of sp³-hybridized carbons (Fsp3) is 0.250. The Bertz CT molecular complexity index is 598. The summed E-state index contributed by atoms with van der Waals surface area (Å²) < 4.78 is 0. The number of nitrogens with one attached hydrogen (secondary N) is 1. The van der Waals surface area contributed by atoms with E-state index in [9.17, 15) is 4.79 Å². The number of pyridine rings is 1. The molecule has 1 aromatic carbocycles. The first-order valence-electron chi connectivity index (χ1n) is 6.82. The molecule has 0 radical (unpaired) electrons. The SMILES string of the molecule is O=C(CNCc1ccncc1)N1CCc2ccccc21. The highest BCUT2D eigenvalue weighted by atomic mass is 16.2. The molecule has 1 amide bonds. The minimum atomic E-state index is 0.129. The molecule has 0 fully saturated rings. The molecule has 1 aliphatic rings. The number of nitrogens with zero attached hydrogens (tertiary/aromatic N) is 2. The van der Waals surface area contributed by atoms with Gasteiger partial charge < -0.3 is 10.2 Å². The lowest BCUT2D eigenvalue weighted by Crippen LogP contribution is -2.36. The molecule has 0 bridgehead atoms. The number of aromatic nitrogens is 1. The zero-order chi connectivity index (χ0) is 13.8. The van der Waals surface area contributed by atoms with Crippen molar-refractivity contribution in [3.05, 3.63) is 59.9 Å². The average Bonchev–Trinajstić information content (AvgIpc) is 2.92. The predicted molar refractivity (Wildman–Crippen MR) is 78.4 cm³/mol. The van der Waals surface area contributed by atoms with Gasteiger partial charge in [0.2, 0.25) is 5.91 Å². The van der Waals surface area contributed by atoms with Gasteiger partial charge in [0.25, 0.3) is 0 Å². The Hall–Kier alpha value is -2.20. The number of amides is 1. The topological polar surface area (TPSA) is 45.2 Å². The van der Waals surface area contributed by atoms with Crippen LogP contribution in [0.1, 0.15) is 11.1 Å². The van der Waals surface area contributed by atoms with Crippen LogP contribution in [-0.2, 0) is 17.8 Å². The Balaban J connectivity index is 1.56. The first-order valence-corrected chi connectivity index (χ1v) is 6.82. The van der Waals surface area contributed by atoms with Crippen molar-refractivity contribution < 1.29 is 4.79 Å². The summed E-state index contributed by atoms with van der Waals surface area (Å²) in [6.45, 7) is 1.83. The molecule has 3 rings (SSSR count). The van der Waals surface area contributed by atoms with Gasteiger partial charge in [0.05, 0.1) is 6.54 Å². The van der Waals surface area contributed by atoms with Gasteiger partial charge >= 0.3 is 0 Å². The third-order valence-corrected chi connectivity index (χ3v) is 3.54. The standard InChI is InChI=1S/C16H17N3O/c20-16(12-18-11-13-5-8-17-9-6-13)19-10-7-14-3-1-2-4-15(14)19/h1-6,8-9,18H,7,10-12H2. The Morgan fingerprint density at radius 1 is 1.20 bits per heavy atom. The highest BCUT2D eigenvalue weighted by molar-refractivity contribution is 5.96. The maximum absolute atomic E-state index is 12.2. The molecule has 0 unspecified atom stereocenters. The summed E-state index contributed by atoms with van der Waals surface area (Å²) in [7, 11) is 0. The number of rotatable bonds is 4. The second-order valence-corrected chi connectivity index (χ2v) is 4.88. The number of carbonyl (C=O) groups excluding carboxylic acids is 1. The zero-order valence-corrected chi connectivity index (χ0v) is 11.2. The lowest BCUT2D eigenvalue weighted by Gasteiger charge is -2.17. The van der Waals surface area contributed by atoms with Crippen molar-refractivity contribution in [3.8, 4) is 0 Å². The van der Waals surface area contributed by atoms with Crippen LogP contribution < -0.4 is 10.2 Å². The number of hydrogen-bond donors (Lipinski definition) is 1. The van der Waals surface area contributed by atoms with Crippen LogP contribution in [0.25, 0.3) is 0 Å². The highest BCUT2D eigenvalue weighted by Gasteiger charge is 2.23. The van der Waals surface area contributed by atoms with E-state index in [1.54, 1.807) is 12.4 Å². The molecule has 0 saturated carbocycles. The van der Waals surface area contributed by atoms with Crippen molar-refractivity contribution in [2.24, 2.45) is 0 Å². The van der Waals surface area contributed by atoms with Crippen molar-refractivity contribution in [2.45, 2.75) is 13.0 Å². The minimum Gasteiger partial charge on any atom is -0.311 e. The van der Waals surface area contributed by atoms with E-state index in [4.69, 9.17) is 0 Å². The number of anilines is 1. The molecule has 1 N–H and O–H groups in total. The Morgan fingerprint density at radius 2 is 2.00 bits per heavy atom.